The van der Waals surface area contributed by atoms with E-state index in [1.807, 2.05) is 33.2 Å². The fourth-order valence-corrected chi connectivity index (χ4v) is 12.1. The van der Waals surface area contributed by atoms with Gasteiger partial charge in [-0.25, -0.2) is 0 Å². The molecule has 2 aliphatic carbocycles. The molecule has 1 unspecified atom stereocenters. The van der Waals surface area contributed by atoms with Gasteiger partial charge in [-0.2, -0.15) is 0 Å². The molecule has 12 heteroatoms. The van der Waals surface area contributed by atoms with Crippen molar-refractivity contribution in [2.45, 2.75) is 69.9 Å². The van der Waals surface area contributed by atoms with Crippen molar-refractivity contribution in [1.82, 2.24) is 33.2 Å². The molecule has 1 aliphatic heterocycles. The molecule has 3 heterocycles. The van der Waals surface area contributed by atoms with Crippen molar-refractivity contribution < 1.29 is 9.59 Å². The third kappa shape index (κ3) is 7.26. The van der Waals surface area contributed by atoms with Gasteiger partial charge in [-0.1, -0.05) is 0 Å². The van der Waals surface area contributed by atoms with Crippen LogP contribution in [0.2, 0.25) is 5.02 Å². The quantitative estimate of drug-likeness (QED) is 0.0686. The van der Waals surface area contributed by atoms with E-state index >= 15 is 0 Å². The molecule has 1 saturated carbocycles. The molecular formula is C32H40BrClIN7O2. The average molecular weight is 797 g/mol. The minimum atomic E-state index is -2.69. The number of imidazole rings is 1. The topological polar surface area (TPSA) is 95.4 Å². The van der Waals surface area contributed by atoms with Crippen LogP contribution >= 0.6 is 47.6 Å². The molecule has 3 aliphatic rings. The van der Waals surface area contributed by atoms with E-state index in [1.54, 1.807) is 6.33 Å². The number of carbonyl (C=O) groups excluding carboxylic acids is 2. The fraction of sp³-hybridized carbons (Fsp3) is 0.500. The van der Waals surface area contributed by atoms with Crippen molar-refractivity contribution in [2.24, 2.45) is 7.05 Å². The number of amides is 3. The van der Waals surface area contributed by atoms with Gasteiger partial charge in [-0.3, -0.25) is 0 Å². The van der Waals surface area contributed by atoms with Crippen LogP contribution < -0.4 is 10.6 Å². The third-order valence-corrected chi connectivity index (χ3v) is 14.9. The number of urea groups is 1. The summed E-state index contributed by atoms with van der Waals surface area (Å²) in [6.45, 7) is 1.76. The van der Waals surface area contributed by atoms with Crippen LogP contribution in [-0.4, -0.2) is 62.7 Å². The number of carbonyl (C=O) groups is 2. The van der Waals surface area contributed by atoms with Gasteiger partial charge in [0.05, 0.1) is 0 Å². The molecule has 6 rings (SSSR count). The number of hydrogen-bond donors (Lipinski definition) is 2. The maximum atomic E-state index is 14.0. The van der Waals surface area contributed by atoms with Gasteiger partial charge in [0.15, 0.2) is 0 Å². The Morgan fingerprint density at radius 2 is 1.91 bits per heavy atom. The summed E-state index contributed by atoms with van der Waals surface area (Å²) in [6, 6.07) is 8.35. The zero-order valence-electron chi connectivity index (χ0n) is 25.1. The Balaban J connectivity index is 1.25. The number of benzene rings is 1. The van der Waals surface area contributed by atoms with Crippen LogP contribution in [0.15, 0.2) is 47.5 Å². The van der Waals surface area contributed by atoms with Crippen LogP contribution in [0.5, 0.6) is 0 Å². The normalized spacial score (nSPS) is 20.0. The van der Waals surface area contributed by atoms with E-state index in [1.165, 1.54) is 23.1 Å². The Hall–Kier alpha value is -2.22. The molecule has 1 atom stereocenters. The summed E-state index contributed by atoms with van der Waals surface area (Å²) >= 11 is 7.39. The number of halogens is 3. The Bertz CT molecular complexity index is 1440. The summed E-state index contributed by atoms with van der Waals surface area (Å²) in [5, 5.41) is 7.25. The van der Waals surface area contributed by atoms with Crippen molar-refractivity contribution >= 4 is 57.6 Å². The first-order chi connectivity index (χ1) is 21.4. The van der Waals surface area contributed by atoms with Crippen molar-refractivity contribution in [3.63, 3.8) is 0 Å². The van der Waals surface area contributed by atoms with Gasteiger partial charge >= 0.3 is 282 Å². The molecule has 9 nitrogen and oxygen atoms in total. The molecule has 3 amide bonds. The first-order valence-corrected chi connectivity index (χ1v) is 20.2. The maximum absolute atomic E-state index is 14.0. The Labute approximate surface area is 280 Å². The molecule has 0 spiro atoms. The number of rotatable bonds is 7. The molecule has 44 heavy (non-hydrogen) atoms. The molecule has 2 aromatic heterocycles. The van der Waals surface area contributed by atoms with Gasteiger partial charge in [-0.05, 0) is 0 Å². The van der Waals surface area contributed by atoms with Gasteiger partial charge in [0.1, 0.15) is 0 Å². The van der Waals surface area contributed by atoms with Crippen molar-refractivity contribution in [1.29, 1.82) is 0 Å². The molecule has 1 saturated heterocycles. The number of fused-ring (bicyclic) bond motifs is 2. The van der Waals surface area contributed by atoms with E-state index in [0.717, 1.165) is 72.2 Å². The summed E-state index contributed by atoms with van der Waals surface area (Å²) in [5.74, 6) is 0. The zero-order chi connectivity index (χ0) is 30.6. The second-order valence-corrected chi connectivity index (χ2v) is 18.0. The van der Waals surface area contributed by atoms with E-state index in [2.05, 4.69) is 54.6 Å². The fourth-order valence-electron chi connectivity index (χ4n) is 6.56. The van der Waals surface area contributed by atoms with E-state index in [9.17, 15) is 9.59 Å². The second kappa shape index (κ2) is 14.5. The summed E-state index contributed by atoms with van der Waals surface area (Å²) in [7, 11) is 1.99. The SMILES string of the molecule is Cn1cncc1CCCNC(=O)I1CN(C2c3ccc(Cl)cc3CCc3cc(Br)cnc32)CCN1C(=O)NC1CCCCC1. The van der Waals surface area contributed by atoms with Crippen LogP contribution in [0, 0.1) is 0 Å². The van der Waals surface area contributed by atoms with E-state index in [4.69, 9.17) is 16.6 Å². The van der Waals surface area contributed by atoms with E-state index < -0.39 is 20.1 Å². The van der Waals surface area contributed by atoms with Gasteiger partial charge in [0.25, 0.3) is 0 Å². The second-order valence-electron chi connectivity index (χ2n) is 11.9. The number of aromatic nitrogens is 3. The van der Waals surface area contributed by atoms with Crippen molar-refractivity contribution in [2.75, 3.05) is 24.2 Å². The van der Waals surface area contributed by atoms with Crippen molar-refractivity contribution in [3.05, 3.63) is 80.6 Å². The van der Waals surface area contributed by atoms with Gasteiger partial charge < -0.3 is 0 Å². The van der Waals surface area contributed by atoms with Gasteiger partial charge in [0, 0.05) is 0 Å². The predicted octanol–water partition coefficient (Wildman–Crippen LogP) is 6.80. The number of nitrogens with one attached hydrogen (secondary N) is 2. The van der Waals surface area contributed by atoms with E-state index in [-0.39, 0.29) is 22.0 Å². The van der Waals surface area contributed by atoms with Crippen LogP contribution in [0.25, 0.3) is 0 Å². The first-order valence-electron chi connectivity index (χ1n) is 15.5. The van der Waals surface area contributed by atoms with Crippen molar-refractivity contribution in [3.8, 4) is 0 Å². The Morgan fingerprint density at radius 3 is 2.70 bits per heavy atom. The first kappa shape index (κ1) is 31.7. The number of pyridine rings is 1. The zero-order valence-corrected chi connectivity index (χ0v) is 29.6. The standard InChI is InChI=1S/C32H40BrClIN7O2/c1-40-21-36-19-27(40)8-5-13-37-31(43)35-20-41(14-15-42(35)32(44)39-26-6-3-2-4-7-26)30-28-12-11-25(34)17-22(28)9-10-23-16-24(33)18-38-29(23)30/h11-12,16-19,21,26,30H,2-10,13-15,20H2,1H3,(H,37,43)(H,39,44). The summed E-state index contributed by atoms with van der Waals surface area (Å²) in [4.78, 5) is 39.2. The molecule has 2 fully saturated rings. The monoisotopic (exact) mass is 795 g/mol. The number of nitrogens with zero attached hydrogens (tertiary/aromatic N) is 5. The molecular weight excluding hydrogens is 757 g/mol. The third-order valence-electron chi connectivity index (χ3n) is 8.89. The summed E-state index contributed by atoms with van der Waals surface area (Å²) in [6.07, 6.45) is 14.5. The molecule has 236 valence electrons. The molecule has 2 N–H and O–H groups in total. The predicted molar refractivity (Wildman–Crippen MR) is 185 cm³/mol. The molecule has 3 aromatic rings. The minimum absolute atomic E-state index is 0.0386. The number of hydrogen-bond acceptors (Lipinski definition) is 5. The van der Waals surface area contributed by atoms with Gasteiger partial charge in [-0.15, -0.1) is 0 Å². The van der Waals surface area contributed by atoms with Crippen LogP contribution in [0.1, 0.15) is 72.6 Å². The summed E-state index contributed by atoms with van der Waals surface area (Å²) < 4.78 is 5.50. The molecule has 0 radical (unpaired) electrons. The van der Waals surface area contributed by atoms with E-state index in [0.29, 0.717) is 24.2 Å². The Kier molecular flexibility index (Phi) is 10.4. The molecule has 1 aromatic carbocycles. The van der Waals surface area contributed by atoms with Crippen LogP contribution in [0.4, 0.5) is 9.59 Å². The van der Waals surface area contributed by atoms with Crippen LogP contribution in [-0.2, 0) is 26.3 Å². The number of aryl methyl sites for hydroxylation is 4. The number of alkyl halides is 1. The average Bonchev–Trinajstić information content (AvgIpc) is 3.37. The Morgan fingerprint density at radius 1 is 1.09 bits per heavy atom. The summed E-state index contributed by atoms with van der Waals surface area (Å²) in [5.41, 5.74) is 5.78. The van der Waals surface area contributed by atoms with Gasteiger partial charge in [0.2, 0.25) is 0 Å². The molecule has 0 bridgehead atoms. The van der Waals surface area contributed by atoms with Crippen LogP contribution in [0.3, 0.4) is 0 Å².